The molecule has 0 aliphatic heterocycles. The first kappa shape index (κ1) is 19.1. The normalized spacial score (nSPS) is 11.0. The molecule has 0 radical (unpaired) electrons. The van der Waals surface area contributed by atoms with Crippen LogP contribution in [0.4, 0.5) is 0 Å². The minimum absolute atomic E-state index is 0. The number of hydrogen-bond donors (Lipinski definition) is 1. The molecule has 0 bridgehead atoms. The zero-order chi connectivity index (χ0) is 16.3. The number of carbonyl (C=O) groups is 1. The lowest BCUT2D eigenvalue weighted by atomic mass is 9.93. The molecule has 0 aliphatic rings. The van der Waals surface area contributed by atoms with Gasteiger partial charge >= 0.3 is 0 Å². The third kappa shape index (κ3) is 4.53. The van der Waals surface area contributed by atoms with Crippen LogP contribution in [0.15, 0.2) is 28.8 Å². The van der Waals surface area contributed by atoms with Crippen LogP contribution in [0.3, 0.4) is 0 Å². The highest BCUT2D eigenvalue weighted by Crippen LogP contribution is 2.24. The van der Waals surface area contributed by atoms with Crippen LogP contribution in [-0.4, -0.2) is 41.1 Å². The third-order valence-corrected chi connectivity index (χ3v) is 3.48. The number of rotatable bonds is 5. The summed E-state index contributed by atoms with van der Waals surface area (Å²) < 4.78 is 5.19. The summed E-state index contributed by atoms with van der Waals surface area (Å²) in [5, 5.41) is 3.78. The fourth-order valence-electron chi connectivity index (χ4n) is 2.25. The van der Waals surface area contributed by atoms with E-state index in [-0.39, 0.29) is 23.7 Å². The highest BCUT2D eigenvalue weighted by atomic mass is 35.5. The fourth-order valence-corrected chi connectivity index (χ4v) is 2.25. The van der Waals surface area contributed by atoms with E-state index in [4.69, 9.17) is 10.3 Å². The Balaban J connectivity index is 0.00000264. The van der Waals surface area contributed by atoms with E-state index in [0.29, 0.717) is 35.9 Å². The van der Waals surface area contributed by atoms with Crippen molar-refractivity contribution in [3.63, 3.8) is 0 Å². The SMILES string of the molecule is Cc1noc(-c2ccccc2C(=O)N(C)CC(C)(C)CN)n1.Cl. The van der Waals surface area contributed by atoms with E-state index in [2.05, 4.69) is 10.1 Å². The molecular formula is C16H23ClN4O2. The van der Waals surface area contributed by atoms with Crippen molar-refractivity contribution in [3.8, 4) is 11.5 Å². The zero-order valence-corrected chi connectivity index (χ0v) is 14.7. The molecule has 1 amide bonds. The van der Waals surface area contributed by atoms with Crippen LogP contribution in [0.1, 0.15) is 30.0 Å². The molecule has 1 heterocycles. The van der Waals surface area contributed by atoms with E-state index in [0.717, 1.165) is 0 Å². The van der Waals surface area contributed by atoms with Crippen LogP contribution in [0.5, 0.6) is 0 Å². The Bertz CT molecular complexity index is 670. The van der Waals surface area contributed by atoms with Crippen LogP contribution < -0.4 is 5.73 Å². The van der Waals surface area contributed by atoms with Gasteiger partial charge in [0, 0.05) is 13.6 Å². The summed E-state index contributed by atoms with van der Waals surface area (Å²) in [6.45, 7) is 6.88. The van der Waals surface area contributed by atoms with Gasteiger partial charge in [0.05, 0.1) is 11.1 Å². The molecule has 6 nitrogen and oxygen atoms in total. The Morgan fingerprint density at radius 2 is 2.00 bits per heavy atom. The molecule has 1 aromatic carbocycles. The van der Waals surface area contributed by atoms with Gasteiger partial charge in [-0.3, -0.25) is 4.79 Å². The monoisotopic (exact) mass is 338 g/mol. The smallest absolute Gasteiger partial charge is 0.258 e. The zero-order valence-electron chi connectivity index (χ0n) is 13.9. The van der Waals surface area contributed by atoms with Crippen molar-refractivity contribution in [3.05, 3.63) is 35.7 Å². The van der Waals surface area contributed by atoms with Gasteiger partial charge in [-0.15, -0.1) is 12.4 Å². The van der Waals surface area contributed by atoms with Crippen LogP contribution in [0.25, 0.3) is 11.5 Å². The van der Waals surface area contributed by atoms with Crippen molar-refractivity contribution in [2.45, 2.75) is 20.8 Å². The number of nitrogens with zero attached hydrogens (tertiary/aromatic N) is 3. The minimum atomic E-state index is -0.138. The molecule has 1 aromatic heterocycles. The first-order chi connectivity index (χ1) is 10.3. The van der Waals surface area contributed by atoms with Gasteiger partial charge in [0.2, 0.25) is 0 Å². The summed E-state index contributed by atoms with van der Waals surface area (Å²) in [5.74, 6) is 0.802. The average molecular weight is 339 g/mol. The summed E-state index contributed by atoms with van der Waals surface area (Å²) in [5.41, 5.74) is 6.79. The number of carbonyl (C=O) groups excluding carboxylic acids is 1. The standard InChI is InChI=1S/C16H22N4O2.ClH/c1-11-18-14(22-19-11)12-7-5-6-8-13(12)15(21)20(4)10-16(2,3)9-17;/h5-8H,9-10,17H2,1-4H3;1H. The van der Waals surface area contributed by atoms with Crippen molar-refractivity contribution in [2.75, 3.05) is 20.1 Å². The number of aromatic nitrogens is 2. The van der Waals surface area contributed by atoms with Crippen LogP contribution in [0.2, 0.25) is 0 Å². The molecule has 0 spiro atoms. The Morgan fingerprint density at radius 1 is 1.35 bits per heavy atom. The van der Waals surface area contributed by atoms with Gasteiger partial charge in [0.25, 0.3) is 11.8 Å². The predicted molar refractivity (Wildman–Crippen MR) is 91.5 cm³/mol. The molecular weight excluding hydrogens is 316 g/mol. The quantitative estimate of drug-likeness (QED) is 0.905. The van der Waals surface area contributed by atoms with Crippen LogP contribution >= 0.6 is 12.4 Å². The number of halogens is 1. The average Bonchev–Trinajstić information content (AvgIpc) is 2.92. The summed E-state index contributed by atoms with van der Waals surface area (Å²) in [7, 11) is 1.77. The molecule has 2 aromatic rings. The minimum Gasteiger partial charge on any atom is -0.341 e. The first-order valence-electron chi connectivity index (χ1n) is 7.19. The fraction of sp³-hybridized carbons (Fsp3) is 0.438. The summed E-state index contributed by atoms with van der Waals surface area (Å²) in [4.78, 5) is 18.6. The maximum absolute atomic E-state index is 12.7. The number of nitrogens with two attached hydrogens (primary N) is 1. The largest absolute Gasteiger partial charge is 0.341 e. The van der Waals surface area contributed by atoms with E-state index in [9.17, 15) is 4.79 Å². The molecule has 0 saturated carbocycles. The Kier molecular flexibility index (Phi) is 6.29. The maximum atomic E-state index is 12.7. The Morgan fingerprint density at radius 3 is 2.57 bits per heavy atom. The Labute approximate surface area is 142 Å². The van der Waals surface area contributed by atoms with Gasteiger partial charge in [-0.25, -0.2) is 0 Å². The number of benzene rings is 1. The van der Waals surface area contributed by atoms with E-state index >= 15 is 0 Å². The lowest BCUT2D eigenvalue weighted by Crippen LogP contribution is -2.39. The van der Waals surface area contributed by atoms with Crippen molar-refractivity contribution in [1.29, 1.82) is 0 Å². The number of aryl methyl sites for hydroxylation is 1. The molecule has 7 heteroatoms. The molecule has 0 aliphatic carbocycles. The van der Waals surface area contributed by atoms with Crippen molar-refractivity contribution in [1.82, 2.24) is 15.0 Å². The van der Waals surface area contributed by atoms with Gasteiger partial charge in [-0.05, 0) is 31.0 Å². The highest BCUT2D eigenvalue weighted by molar-refractivity contribution is 5.99. The summed E-state index contributed by atoms with van der Waals surface area (Å²) in [6.07, 6.45) is 0. The van der Waals surface area contributed by atoms with Gasteiger partial charge in [0.1, 0.15) is 0 Å². The van der Waals surface area contributed by atoms with E-state index in [1.54, 1.807) is 24.9 Å². The second kappa shape index (κ2) is 7.57. The number of hydrogen-bond acceptors (Lipinski definition) is 5. The summed E-state index contributed by atoms with van der Waals surface area (Å²) in [6, 6.07) is 7.24. The third-order valence-electron chi connectivity index (χ3n) is 3.48. The molecule has 0 fully saturated rings. The number of amides is 1. The first-order valence-corrected chi connectivity index (χ1v) is 7.19. The van der Waals surface area contributed by atoms with E-state index in [1.807, 2.05) is 32.0 Å². The van der Waals surface area contributed by atoms with E-state index in [1.165, 1.54) is 0 Å². The Hall–Kier alpha value is -1.92. The second-order valence-electron chi connectivity index (χ2n) is 6.22. The van der Waals surface area contributed by atoms with Gasteiger partial charge < -0.3 is 15.2 Å². The molecule has 0 saturated heterocycles. The second-order valence-corrected chi connectivity index (χ2v) is 6.22. The van der Waals surface area contributed by atoms with Gasteiger partial charge in [-0.2, -0.15) is 4.98 Å². The molecule has 23 heavy (non-hydrogen) atoms. The summed E-state index contributed by atoms with van der Waals surface area (Å²) >= 11 is 0. The molecule has 0 atom stereocenters. The molecule has 0 unspecified atom stereocenters. The lowest BCUT2D eigenvalue weighted by molar-refractivity contribution is 0.0741. The predicted octanol–water partition coefficient (Wildman–Crippen LogP) is 2.52. The van der Waals surface area contributed by atoms with Crippen molar-refractivity contribution < 1.29 is 9.32 Å². The van der Waals surface area contributed by atoms with Crippen LogP contribution in [-0.2, 0) is 0 Å². The molecule has 2 rings (SSSR count). The van der Waals surface area contributed by atoms with E-state index < -0.39 is 0 Å². The van der Waals surface area contributed by atoms with Gasteiger partial charge in [-0.1, -0.05) is 31.1 Å². The van der Waals surface area contributed by atoms with Crippen molar-refractivity contribution >= 4 is 18.3 Å². The highest BCUT2D eigenvalue weighted by Gasteiger charge is 2.24. The molecule has 2 N–H and O–H groups in total. The van der Waals surface area contributed by atoms with Crippen LogP contribution in [0, 0.1) is 12.3 Å². The van der Waals surface area contributed by atoms with Gasteiger partial charge in [0.15, 0.2) is 5.82 Å². The molecule has 126 valence electrons. The topological polar surface area (TPSA) is 85.2 Å². The maximum Gasteiger partial charge on any atom is 0.258 e. The lowest BCUT2D eigenvalue weighted by Gasteiger charge is -2.29. The van der Waals surface area contributed by atoms with Crippen molar-refractivity contribution in [2.24, 2.45) is 11.1 Å².